The van der Waals surface area contributed by atoms with Gasteiger partial charge >= 0.3 is 0 Å². The summed E-state index contributed by atoms with van der Waals surface area (Å²) in [5.74, 6) is 0. The molecule has 0 amide bonds. The summed E-state index contributed by atoms with van der Waals surface area (Å²) < 4.78 is 0. The van der Waals surface area contributed by atoms with E-state index in [1.54, 1.807) is 0 Å². The molecule has 2 rings (SSSR count). The lowest BCUT2D eigenvalue weighted by atomic mass is 9.89. The number of hydrogen-bond acceptors (Lipinski definition) is 3. The number of nitrogens with two attached hydrogens (primary N) is 1. The average Bonchev–Trinajstić information content (AvgIpc) is 3.25. The lowest BCUT2D eigenvalue weighted by molar-refractivity contribution is 0.255. The number of nitrogens with zero attached hydrogens (tertiary/aromatic N) is 2. The molecule has 1 unspecified atom stereocenters. The molecule has 0 spiro atoms. The van der Waals surface area contributed by atoms with E-state index in [9.17, 15) is 5.26 Å². The summed E-state index contributed by atoms with van der Waals surface area (Å²) in [7, 11) is 0. The summed E-state index contributed by atoms with van der Waals surface area (Å²) in [5.41, 5.74) is 6.31. The molecule has 1 saturated carbocycles. The number of rotatable bonds is 6. The van der Waals surface area contributed by atoms with E-state index in [0.717, 1.165) is 24.7 Å². The minimum Gasteiger partial charge on any atom is -0.310 e. The van der Waals surface area contributed by atoms with Crippen LogP contribution in [0.4, 0.5) is 0 Å². The van der Waals surface area contributed by atoms with Crippen molar-refractivity contribution in [2.75, 3.05) is 13.1 Å². The molecule has 1 fully saturated rings. The number of nitriles is 1. The van der Waals surface area contributed by atoms with Crippen LogP contribution in [-0.4, -0.2) is 24.0 Å². The Morgan fingerprint density at radius 3 is 2.56 bits per heavy atom. The van der Waals surface area contributed by atoms with Crippen molar-refractivity contribution in [2.24, 2.45) is 5.73 Å². The van der Waals surface area contributed by atoms with Crippen LogP contribution in [0.1, 0.15) is 31.7 Å². The molecule has 1 aromatic carbocycles. The molecule has 2 N–H and O–H groups in total. The van der Waals surface area contributed by atoms with Crippen LogP contribution < -0.4 is 5.73 Å². The van der Waals surface area contributed by atoms with Gasteiger partial charge in [0.15, 0.2) is 0 Å². The van der Waals surface area contributed by atoms with Gasteiger partial charge in [-0.25, -0.2) is 0 Å². The van der Waals surface area contributed by atoms with Crippen molar-refractivity contribution in [3.63, 3.8) is 0 Å². The van der Waals surface area contributed by atoms with Gasteiger partial charge in [0.2, 0.25) is 0 Å². The fourth-order valence-electron chi connectivity index (χ4n) is 2.36. The highest BCUT2D eigenvalue weighted by Gasteiger charge is 2.32. The Balaban J connectivity index is 2.02. The van der Waals surface area contributed by atoms with Gasteiger partial charge in [-0.05, 0) is 31.4 Å². The van der Waals surface area contributed by atoms with Gasteiger partial charge in [0, 0.05) is 12.6 Å². The zero-order valence-electron chi connectivity index (χ0n) is 11.0. The van der Waals surface area contributed by atoms with Gasteiger partial charge in [-0.2, -0.15) is 5.26 Å². The van der Waals surface area contributed by atoms with E-state index in [-0.39, 0.29) is 0 Å². The Kier molecular flexibility index (Phi) is 4.00. The Labute approximate surface area is 109 Å². The first-order valence-corrected chi connectivity index (χ1v) is 6.69. The fourth-order valence-corrected chi connectivity index (χ4v) is 2.36. The monoisotopic (exact) mass is 243 g/mol. The average molecular weight is 243 g/mol. The van der Waals surface area contributed by atoms with E-state index in [1.165, 1.54) is 12.8 Å². The molecule has 3 nitrogen and oxygen atoms in total. The minimum atomic E-state index is -0.858. The standard InChI is InChI=1S/C15H21N3/c1-2-18(14-8-9-14)11-10-15(17,12-16)13-6-4-3-5-7-13/h3-7,14H,2,8-11,17H2,1H3. The quantitative estimate of drug-likeness (QED) is 0.833. The van der Waals surface area contributed by atoms with E-state index < -0.39 is 5.54 Å². The molecule has 96 valence electrons. The first-order chi connectivity index (χ1) is 8.69. The Morgan fingerprint density at radius 1 is 1.39 bits per heavy atom. The predicted octanol–water partition coefficient (Wildman–Crippen LogP) is 2.24. The Morgan fingerprint density at radius 2 is 2.06 bits per heavy atom. The minimum absolute atomic E-state index is 0.692. The molecule has 18 heavy (non-hydrogen) atoms. The largest absolute Gasteiger partial charge is 0.310 e. The first kappa shape index (κ1) is 13.1. The summed E-state index contributed by atoms with van der Waals surface area (Å²) in [5, 5.41) is 9.39. The van der Waals surface area contributed by atoms with Crippen molar-refractivity contribution >= 4 is 0 Å². The molecule has 3 heteroatoms. The van der Waals surface area contributed by atoms with Crippen molar-refractivity contribution in [3.8, 4) is 6.07 Å². The maximum atomic E-state index is 9.39. The van der Waals surface area contributed by atoms with Gasteiger partial charge in [0.1, 0.15) is 5.54 Å². The molecule has 1 aliphatic rings. The van der Waals surface area contributed by atoms with Crippen molar-refractivity contribution in [1.29, 1.82) is 5.26 Å². The predicted molar refractivity (Wildman–Crippen MR) is 72.8 cm³/mol. The summed E-state index contributed by atoms with van der Waals surface area (Å²) >= 11 is 0. The van der Waals surface area contributed by atoms with Crippen molar-refractivity contribution < 1.29 is 0 Å². The second-order valence-electron chi connectivity index (χ2n) is 5.06. The maximum Gasteiger partial charge on any atom is 0.131 e. The molecule has 0 aromatic heterocycles. The van der Waals surface area contributed by atoms with Crippen LogP contribution in [0, 0.1) is 11.3 Å². The molecule has 0 aliphatic heterocycles. The van der Waals surface area contributed by atoms with Crippen LogP contribution in [0.5, 0.6) is 0 Å². The van der Waals surface area contributed by atoms with Gasteiger partial charge in [0.05, 0.1) is 6.07 Å². The molecule has 0 radical (unpaired) electrons. The molecule has 0 saturated heterocycles. The van der Waals surface area contributed by atoms with Gasteiger partial charge in [-0.1, -0.05) is 37.3 Å². The third-order valence-electron chi connectivity index (χ3n) is 3.75. The van der Waals surface area contributed by atoms with E-state index in [4.69, 9.17) is 5.73 Å². The van der Waals surface area contributed by atoms with Crippen LogP contribution in [0.2, 0.25) is 0 Å². The zero-order chi connectivity index (χ0) is 13.0. The van der Waals surface area contributed by atoms with Gasteiger partial charge in [-0.3, -0.25) is 0 Å². The van der Waals surface area contributed by atoms with E-state index in [1.807, 2.05) is 30.3 Å². The first-order valence-electron chi connectivity index (χ1n) is 6.69. The van der Waals surface area contributed by atoms with Crippen molar-refractivity contribution in [3.05, 3.63) is 35.9 Å². The number of benzene rings is 1. The normalized spacial score (nSPS) is 18.3. The highest BCUT2D eigenvalue weighted by atomic mass is 15.2. The second kappa shape index (κ2) is 5.51. The van der Waals surface area contributed by atoms with Gasteiger partial charge in [0.25, 0.3) is 0 Å². The lowest BCUT2D eigenvalue weighted by Crippen LogP contribution is -2.40. The SMILES string of the molecule is CCN(CCC(N)(C#N)c1ccccc1)C1CC1. The Bertz CT molecular complexity index is 419. The van der Waals surface area contributed by atoms with Crippen LogP contribution in [0.25, 0.3) is 0 Å². The molecular weight excluding hydrogens is 222 g/mol. The van der Waals surface area contributed by atoms with Crippen LogP contribution in [-0.2, 0) is 5.54 Å². The van der Waals surface area contributed by atoms with Gasteiger partial charge in [-0.15, -0.1) is 0 Å². The van der Waals surface area contributed by atoms with Gasteiger partial charge < -0.3 is 10.6 Å². The topological polar surface area (TPSA) is 53.0 Å². The van der Waals surface area contributed by atoms with Crippen molar-refractivity contribution in [1.82, 2.24) is 4.90 Å². The smallest absolute Gasteiger partial charge is 0.131 e. The molecular formula is C15H21N3. The molecule has 1 aliphatic carbocycles. The van der Waals surface area contributed by atoms with Crippen LogP contribution >= 0.6 is 0 Å². The van der Waals surface area contributed by atoms with E-state index in [0.29, 0.717) is 6.42 Å². The second-order valence-corrected chi connectivity index (χ2v) is 5.06. The van der Waals surface area contributed by atoms with Crippen LogP contribution in [0.3, 0.4) is 0 Å². The molecule has 1 aromatic rings. The molecule has 0 heterocycles. The third kappa shape index (κ3) is 2.90. The third-order valence-corrected chi connectivity index (χ3v) is 3.75. The van der Waals surface area contributed by atoms with Crippen molar-refractivity contribution in [2.45, 2.75) is 37.8 Å². The highest BCUT2D eigenvalue weighted by Crippen LogP contribution is 2.28. The molecule has 1 atom stereocenters. The number of hydrogen-bond donors (Lipinski definition) is 1. The lowest BCUT2D eigenvalue weighted by Gasteiger charge is -2.27. The summed E-state index contributed by atoms with van der Waals surface area (Å²) in [6, 6.07) is 12.7. The Hall–Kier alpha value is -1.37. The summed E-state index contributed by atoms with van der Waals surface area (Å²) in [6.45, 7) is 4.12. The molecule has 0 bridgehead atoms. The summed E-state index contributed by atoms with van der Waals surface area (Å²) in [4.78, 5) is 2.43. The maximum absolute atomic E-state index is 9.39. The highest BCUT2D eigenvalue weighted by molar-refractivity contribution is 5.30. The van der Waals surface area contributed by atoms with E-state index in [2.05, 4.69) is 17.9 Å². The summed E-state index contributed by atoms with van der Waals surface area (Å²) in [6.07, 6.45) is 3.28. The van der Waals surface area contributed by atoms with E-state index >= 15 is 0 Å². The van der Waals surface area contributed by atoms with Crippen LogP contribution in [0.15, 0.2) is 30.3 Å². The zero-order valence-corrected chi connectivity index (χ0v) is 11.0. The fraction of sp³-hybridized carbons (Fsp3) is 0.533.